The van der Waals surface area contributed by atoms with Gasteiger partial charge in [0.15, 0.2) is 0 Å². The van der Waals surface area contributed by atoms with Crippen LogP contribution >= 0.6 is 15.9 Å². The SMILES string of the molecule is Cc1cc(Nc2cc(Br)cc(C#N)c2)c2ccccc2n1. The minimum absolute atomic E-state index is 0.613. The maximum Gasteiger partial charge on any atom is 0.0992 e. The second-order valence-corrected chi connectivity index (χ2v) is 5.71. The molecule has 1 N–H and O–H groups in total. The lowest BCUT2D eigenvalue weighted by Crippen LogP contribution is -1.95. The molecule has 0 aliphatic heterocycles. The fourth-order valence-corrected chi connectivity index (χ4v) is 2.79. The van der Waals surface area contributed by atoms with E-state index < -0.39 is 0 Å². The van der Waals surface area contributed by atoms with Crippen molar-refractivity contribution < 1.29 is 0 Å². The summed E-state index contributed by atoms with van der Waals surface area (Å²) >= 11 is 3.43. The summed E-state index contributed by atoms with van der Waals surface area (Å²) in [6.07, 6.45) is 0. The molecular weight excluding hydrogens is 326 g/mol. The summed E-state index contributed by atoms with van der Waals surface area (Å²) in [7, 11) is 0. The number of halogens is 1. The normalized spacial score (nSPS) is 10.3. The van der Waals surface area contributed by atoms with Gasteiger partial charge in [-0.3, -0.25) is 4.98 Å². The number of anilines is 2. The molecule has 3 rings (SSSR count). The van der Waals surface area contributed by atoms with Crippen molar-refractivity contribution in [2.24, 2.45) is 0 Å². The number of benzene rings is 2. The zero-order valence-corrected chi connectivity index (χ0v) is 13.0. The van der Waals surface area contributed by atoms with E-state index in [-0.39, 0.29) is 0 Å². The number of nitriles is 1. The molecule has 0 spiro atoms. The van der Waals surface area contributed by atoms with Crippen LogP contribution in [-0.2, 0) is 0 Å². The molecule has 3 aromatic rings. The van der Waals surface area contributed by atoms with Gasteiger partial charge in [0, 0.05) is 26.9 Å². The standard InChI is InChI=1S/C17H12BrN3/c1-11-6-17(15-4-2-3-5-16(15)20-11)21-14-8-12(10-19)7-13(18)9-14/h2-9H,1H3,(H,20,21). The average Bonchev–Trinajstić information content (AvgIpc) is 2.46. The Morgan fingerprint density at radius 3 is 2.76 bits per heavy atom. The lowest BCUT2D eigenvalue weighted by atomic mass is 10.1. The van der Waals surface area contributed by atoms with Crippen molar-refractivity contribution in [2.75, 3.05) is 5.32 Å². The third-order valence-electron chi connectivity index (χ3n) is 3.15. The van der Waals surface area contributed by atoms with Crippen LogP contribution in [0.3, 0.4) is 0 Å². The fraction of sp³-hybridized carbons (Fsp3) is 0.0588. The Balaban J connectivity index is 2.10. The number of rotatable bonds is 2. The highest BCUT2D eigenvalue weighted by molar-refractivity contribution is 9.10. The van der Waals surface area contributed by atoms with Gasteiger partial charge in [0.2, 0.25) is 0 Å². The van der Waals surface area contributed by atoms with Gasteiger partial charge >= 0.3 is 0 Å². The summed E-state index contributed by atoms with van der Waals surface area (Å²) in [6.45, 7) is 1.97. The summed E-state index contributed by atoms with van der Waals surface area (Å²) in [4.78, 5) is 4.53. The van der Waals surface area contributed by atoms with Crippen LogP contribution in [0.5, 0.6) is 0 Å². The summed E-state index contributed by atoms with van der Waals surface area (Å²) in [6, 6.07) is 17.7. The molecule has 1 aromatic heterocycles. The molecule has 2 aromatic carbocycles. The minimum atomic E-state index is 0.613. The Kier molecular flexibility index (Phi) is 3.59. The van der Waals surface area contributed by atoms with Crippen molar-refractivity contribution in [2.45, 2.75) is 6.92 Å². The van der Waals surface area contributed by atoms with Gasteiger partial charge in [-0.05, 0) is 37.3 Å². The number of para-hydroxylation sites is 1. The predicted molar refractivity (Wildman–Crippen MR) is 88.6 cm³/mol. The monoisotopic (exact) mass is 337 g/mol. The highest BCUT2D eigenvalue weighted by Crippen LogP contribution is 2.28. The molecule has 0 saturated heterocycles. The first-order valence-corrected chi connectivity index (χ1v) is 7.29. The molecule has 0 radical (unpaired) electrons. The number of nitrogens with zero attached hydrogens (tertiary/aromatic N) is 2. The molecule has 4 heteroatoms. The van der Waals surface area contributed by atoms with Crippen LogP contribution in [0.2, 0.25) is 0 Å². The van der Waals surface area contributed by atoms with Gasteiger partial charge in [0.05, 0.1) is 17.1 Å². The Hall–Kier alpha value is -2.38. The predicted octanol–water partition coefficient (Wildman–Crippen LogP) is 4.92. The van der Waals surface area contributed by atoms with E-state index in [9.17, 15) is 0 Å². The first-order valence-electron chi connectivity index (χ1n) is 6.50. The lowest BCUT2D eigenvalue weighted by molar-refractivity contribution is 1.25. The maximum absolute atomic E-state index is 9.06. The van der Waals surface area contributed by atoms with Gasteiger partial charge in [0.1, 0.15) is 0 Å². The number of hydrogen-bond donors (Lipinski definition) is 1. The van der Waals surface area contributed by atoms with Gasteiger partial charge in [-0.1, -0.05) is 34.1 Å². The van der Waals surface area contributed by atoms with E-state index in [0.29, 0.717) is 5.56 Å². The zero-order chi connectivity index (χ0) is 14.8. The molecule has 0 aliphatic carbocycles. The first-order chi connectivity index (χ1) is 10.2. The Labute approximate surface area is 131 Å². The topological polar surface area (TPSA) is 48.7 Å². The molecule has 0 unspecified atom stereocenters. The maximum atomic E-state index is 9.06. The molecule has 3 nitrogen and oxygen atoms in total. The van der Waals surface area contributed by atoms with Crippen LogP contribution in [0.1, 0.15) is 11.3 Å². The number of nitrogens with one attached hydrogen (secondary N) is 1. The quantitative estimate of drug-likeness (QED) is 0.721. The summed E-state index contributed by atoms with van der Waals surface area (Å²) in [5, 5.41) is 13.5. The van der Waals surface area contributed by atoms with Gasteiger partial charge in [-0.25, -0.2) is 0 Å². The van der Waals surface area contributed by atoms with E-state index in [1.165, 1.54) is 0 Å². The lowest BCUT2D eigenvalue weighted by Gasteiger charge is -2.11. The van der Waals surface area contributed by atoms with Crippen molar-refractivity contribution in [1.82, 2.24) is 4.98 Å². The van der Waals surface area contributed by atoms with Gasteiger partial charge in [-0.2, -0.15) is 5.26 Å². The molecule has 0 aliphatic rings. The van der Waals surface area contributed by atoms with Crippen LogP contribution < -0.4 is 5.32 Å². The molecule has 1 heterocycles. The van der Waals surface area contributed by atoms with Gasteiger partial charge in [0.25, 0.3) is 0 Å². The zero-order valence-electron chi connectivity index (χ0n) is 11.4. The van der Waals surface area contributed by atoms with Crippen molar-refractivity contribution in [3.05, 3.63) is 64.3 Å². The summed E-state index contributed by atoms with van der Waals surface area (Å²) in [5.74, 6) is 0. The number of fused-ring (bicyclic) bond motifs is 1. The molecular formula is C17H12BrN3. The van der Waals surface area contributed by atoms with Crippen LogP contribution in [0.4, 0.5) is 11.4 Å². The molecule has 0 saturated carbocycles. The number of pyridine rings is 1. The van der Waals surface area contributed by atoms with Crippen molar-refractivity contribution in [1.29, 1.82) is 5.26 Å². The summed E-state index contributed by atoms with van der Waals surface area (Å²) < 4.78 is 0.874. The Bertz CT molecular complexity index is 866. The second-order valence-electron chi connectivity index (χ2n) is 4.79. The van der Waals surface area contributed by atoms with Crippen LogP contribution in [0.25, 0.3) is 10.9 Å². The van der Waals surface area contributed by atoms with E-state index in [1.54, 1.807) is 6.07 Å². The van der Waals surface area contributed by atoms with E-state index in [2.05, 4.69) is 32.3 Å². The highest BCUT2D eigenvalue weighted by Gasteiger charge is 2.05. The van der Waals surface area contributed by atoms with E-state index in [4.69, 9.17) is 5.26 Å². The molecule has 21 heavy (non-hydrogen) atoms. The average molecular weight is 338 g/mol. The third-order valence-corrected chi connectivity index (χ3v) is 3.61. The van der Waals surface area contributed by atoms with Crippen molar-refractivity contribution in [3.63, 3.8) is 0 Å². The van der Waals surface area contributed by atoms with Crippen LogP contribution in [-0.4, -0.2) is 4.98 Å². The fourth-order valence-electron chi connectivity index (χ4n) is 2.29. The second kappa shape index (κ2) is 5.55. The smallest absolute Gasteiger partial charge is 0.0992 e. The first kappa shape index (κ1) is 13.6. The molecule has 0 amide bonds. The minimum Gasteiger partial charge on any atom is -0.355 e. The van der Waals surface area contributed by atoms with Crippen molar-refractivity contribution in [3.8, 4) is 6.07 Å². The van der Waals surface area contributed by atoms with E-state index in [1.807, 2.05) is 49.4 Å². The number of aromatic nitrogens is 1. The van der Waals surface area contributed by atoms with E-state index >= 15 is 0 Å². The third kappa shape index (κ3) is 2.88. The van der Waals surface area contributed by atoms with Crippen molar-refractivity contribution >= 4 is 38.2 Å². The highest BCUT2D eigenvalue weighted by atomic mass is 79.9. The van der Waals surface area contributed by atoms with Gasteiger partial charge < -0.3 is 5.32 Å². The Morgan fingerprint density at radius 1 is 1.14 bits per heavy atom. The molecule has 102 valence electrons. The number of aryl methyl sites for hydroxylation is 1. The Morgan fingerprint density at radius 2 is 1.95 bits per heavy atom. The number of hydrogen-bond acceptors (Lipinski definition) is 3. The molecule has 0 atom stereocenters. The molecule has 0 fully saturated rings. The van der Waals surface area contributed by atoms with Crippen LogP contribution in [0, 0.1) is 18.3 Å². The van der Waals surface area contributed by atoms with E-state index in [0.717, 1.165) is 32.4 Å². The van der Waals surface area contributed by atoms with Gasteiger partial charge in [-0.15, -0.1) is 0 Å². The van der Waals surface area contributed by atoms with Crippen LogP contribution in [0.15, 0.2) is 53.0 Å². The molecule has 0 bridgehead atoms. The largest absolute Gasteiger partial charge is 0.355 e. The summed E-state index contributed by atoms with van der Waals surface area (Å²) in [5.41, 5.74) is 4.38.